The summed E-state index contributed by atoms with van der Waals surface area (Å²) in [4.78, 5) is 11.7. The van der Waals surface area contributed by atoms with Crippen LogP contribution in [0.1, 0.15) is 12.8 Å². The SMILES string of the molecule is Cl.O=C(CNCC1CC1)Nc1cnn(-c2ccccc2)c1. The summed E-state index contributed by atoms with van der Waals surface area (Å²) in [6.45, 7) is 1.30. The molecule has 1 aromatic carbocycles. The lowest BCUT2D eigenvalue weighted by Gasteiger charge is -2.04. The maximum atomic E-state index is 11.7. The molecule has 2 aromatic rings. The van der Waals surface area contributed by atoms with Crippen molar-refractivity contribution in [2.24, 2.45) is 5.92 Å². The fourth-order valence-corrected chi connectivity index (χ4v) is 2.03. The number of hydrogen-bond acceptors (Lipinski definition) is 3. The van der Waals surface area contributed by atoms with Crippen molar-refractivity contribution in [3.05, 3.63) is 42.7 Å². The highest BCUT2D eigenvalue weighted by atomic mass is 35.5. The Morgan fingerprint density at radius 3 is 2.76 bits per heavy atom. The van der Waals surface area contributed by atoms with E-state index in [1.807, 2.05) is 36.5 Å². The molecule has 0 atom stereocenters. The van der Waals surface area contributed by atoms with Crippen LogP contribution in [0.2, 0.25) is 0 Å². The number of para-hydroxylation sites is 1. The van der Waals surface area contributed by atoms with E-state index in [2.05, 4.69) is 15.7 Å². The van der Waals surface area contributed by atoms with Gasteiger partial charge in [0.05, 0.1) is 30.3 Å². The zero-order valence-corrected chi connectivity index (χ0v) is 12.5. The molecule has 1 heterocycles. The predicted molar refractivity (Wildman–Crippen MR) is 85.0 cm³/mol. The Balaban J connectivity index is 0.00000161. The quantitative estimate of drug-likeness (QED) is 0.860. The zero-order chi connectivity index (χ0) is 13.8. The molecule has 0 bridgehead atoms. The smallest absolute Gasteiger partial charge is 0.238 e. The average molecular weight is 307 g/mol. The number of rotatable bonds is 6. The van der Waals surface area contributed by atoms with Crippen molar-refractivity contribution in [2.45, 2.75) is 12.8 Å². The molecule has 5 nitrogen and oxygen atoms in total. The molecule has 6 heteroatoms. The number of anilines is 1. The Kier molecular flexibility index (Phi) is 5.36. The number of aromatic nitrogens is 2. The minimum absolute atomic E-state index is 0. The Bertz CT molecular complexity index is 580. The molecule has 0 radical (unpaired) electrons. The molecule has 0 spiro atoms. The van der Waals surface area contributed by atoms with E-state index in [4.69, 9.17) is 0 Å². The minimum Gasteiger partial charge on any atom is -0.322 e. The van der Waals surface area contributed by atoms with Crippen LogP contribution >= 0.6 is 12.4 Å². The topological polar surface area (TPSA) is 59.0 Å². The van der Waals surface area contributed by atoms with Gasteiger partial charge in [0.2, 0.25) is 5.91 Å². The van der Waals surface area contributed by atoms with Crippen molar-refractivity contribution >= 4 is 24.0 Å². The molecule has 21 heavy (non-hydrogen) atoms. The number of benzene rings is 1. The Morgan fingerprint density at radius 2 is 2.05 bits per heavy atom. The van der Waals surface area contributed by atoms with Gasteiger partial charge in [0.25, 0.3) is 0 Å². The van der Waals surface area contributed by atoms with Crippen LogP contribution < -0.4 is 10.6 Å². The van der Waals surface area contributed by atoms with Crippen LogP contribution in [0, 0.1) is 5.92 Å². The van der Waals surface area contributed by atoms with Gasteiger partial charge in [0, 0.05) is 0 Å². The van der Waals surface area contributed by atoms with Gasteiger partial charge >= 0.3 is 0 Å². The van der Waals surface area contributed by atoms with Gasteiger partial charge in [-0.15, -0.1) is 12.4 Å². The third kappa shape index (κ3) is 4.58. The minimum atomic E-state index is -0.0294. The molecule has 1 fully saturated rings. The van der Waals surface area contributed by atoms with Gasteiger partial charge in [0.15, 0.2) is 0 Å². The summed E-state index contributed by atoms with van der Waals surface area (Å²) in [5.74, 6) is 0.752. The lowest BCUT2D eigenvalue weighted by atomic mass is 10.3. The third-order valence-corrected chi connectivity index (χ3v) is 3.30. The monoisotopic (exact) mass is 306 g/mol. The predicted octanol–water partition coefficient (Wildman–Crippen LogP) is 2.23. The third-order valence-electron chi connectivity index (χ3n) is 3.30. The number of nitrogens with one attached hydrogen (secondary N) is 2. The van der Waals surface area contributed by atoms with Crippen molar-refractivity contribution in [1.29, 1.82) is 0 Å². The summed E-state index contributed by atoms with van der Waals surface area (Å²) >= 11 is 0. The normalized spacial score (nSPS) is 13.5. The zero-order valence-electron chi connectivity index (χ0n) is 11.7. The van der Waals surface area contributed by atoms with Crippen LogP contribution in [0.4, 0.5) is 5.69 Å². The van der Waals surface area contributed by atoms with Gasteiger partial charge < -0.3 is 10.6 Å². The molecule has 3 rings (SSSR count). The van der Waals surface area contributed by atoms with Gasteiger partial charge in [-0.3, -0.25) is 4.79 Å². The lowest BCUT2D eigenvalue weighted by molar-refractivity contribution is -0.115. The number of halogens is 1. The van der Waals surface area contributed by atoms with E-state index in [0.29, 0.717) is 12.2 Å². The maximum absolute atomic E-state index is 11.7. The summed E-state index contributed by atoms with van der Waals surface area (Å²) in [7, 11) is 0. The second kappa shape index (κ2) is 7.24. The summed E-state index contributed by atoms with van der Waals surface area (Å²) in [5, 5.41) is 10.2. The molecular formula is C15H19ClN4O. The van der Waals surface area contributed by atoms with Gasteiger partial charge in [-0.2, -0.15) is 5.10 Å². The number of hydrogen-bond donors (Lipinski definition) is 2. The maximum Gasteiger partial charge on any atom is 0.238 e. The number of carbonyl (C=O) groups is 1. The Morgan fingerprint density at radius 1 is 1.29 bits per heavy atom. The Labute approximate surface area is 130 Å². The number of carbonyl (C=O) groups excluding carboxylic acids is 1. The van der Waals surface area contributed by atoms with E-state index in [-0.39, 0.29) is 18.3 Å². The van der Waals surface area contributed by atoms with Gasteiger partial charge in [-0.25, -0.2) is 4.68 Å². The first-order valence-corrected chi connectivity index (χ1v) is 6.92. The molecule has 0 saturated heterocycles. The first kappa shape index (κ1) is 15.5. The van der Waals surface area contributed by atoms with Crippen LogP contribution in [-0.4, -0.2) is 28.8 Å². The van der Waals surface area contributed by atoms with Crippen molar-refractivity contribution in [3.8, 4) is 5.69 Å². The summed E-state index contributed by atoms with van der Waals surface area (Å²) in [6, 6.07) is 9.81. The molecule has 1 saturated carbocycles. The molecule has 1 aliphatic rings. The Hall–Kier alpha value is -1.85. The summed E-state index contributed by atoms with van der Waals surface area (Å²) in [5.41, 5.74) is 1.69. The van der Waals surface area contributed by atoms with Gasteiger partial charge in [-0.1, -0.05) is 18.2 Å². The second-order valence-corrected chi connectivity index (χ2v) is 5.13. The molecule has 1 aromatic heterocycles. The van der Waals surface area contributed by atoms with E-state index in [0.717, 1.165) is 18.2 Å². The number of amides is 1. The summed E-state index contributed by atoms with van der Waals surface area (Å²) in [6.07, 6.45) is 6.05. The highest BCUT2D eigenvalue weighted by Gasteiger charge is 2.20. The van der Waals surface area contributed by atoms with Crippen molar-refractivity contribution in [1.82, 2.24) is 15.1 Å². The van der Waals surface area contributed by atoms with E-state index < -0.39 is 0 Å². The van der Waals surface area contributed by atoms with Crippen LogP contribution in [0.3, 0.4) is 0 Å². The number of nitrogens with zero attached hydrogens (tertiary/aromatic N) is 2. The van der Waals surface area contributed by atoms with Gasteiger partial charge in [-0.05, 0) is 37.4 Å². The summed E-state index contributed by atoms with van der Waals surface area (Å²) < 4.78 is 1.74. The second-order valence-electron chi connectivity index (χ2n) is 5.13. The van der Waals surface area contributed by atoms with Crippen LogP contribution in [-0.2, 0) is 4.79 Å². The van der Waals surface area contributed by atoms with Crippen LogP contribution in [0.15, 0.2) is 42.7 Å². The molecule has 0 aliphatic heterocycles. The first-order valence-electron chi connectivity index (χ1n) is 6.92. The van der Waals surface area contributed by atoms with E-state index in [1.165, 1.54) is 12.8 Å². The fraction of sp³-hybridized carbons (Fsp3) is 0.333. The molecule has 0 unspecified atom stereocenters. The highest BCUT2D eigenvalue weighted by molar-refractivity contribution is 5.92. The van der Waals surface area contributed by atoms with E-state index >= 15 is 0 Å². The van der Waals surface area contributed by atoms with Crippen molar-refractivity contribution < 1.29 is 4.79 Å². The molecule has 1 aliphatic carbocycles. The molecule has 1 amide bonds. The molecule has 2 N–H and O–H groups in total. The molecular weight excluding hydrogens is 288 g/mol. The fourth-order valence-electron chi connectivity index (χ4n) is 2.03. The van der Waals surface area contributed by atoms with Gasteiger partial charge in [0.1, 0.15) is 0 Å². The van der Waals surface area contributed by atoms with E-state index in [1.54, 1.807) is 10.9 Å². The van der Waals surface area contributed by atoms with Crippen molar-refractivity contribution in [2.75, 3.05) is 18.4 Å². The highest BCUT2D eigenvalue weighted by Crippen LogP contribution is 2.27. The van der Waals surface area contributed by atoms with Crippen LogP contribution in [0.5, 0.6) is 0 Å². The average Bonchev–Trinajstić information content (AvgIpc) is 3.17. The largest absolute Gasteiger partial charge is 0.322 e. The lowest BCUT2D eigenvalue weighted by Crippen LogP contribution is -2.29. The van der Waals surface area contributed by atoms with E-state index in [9.17, 15) is 4.79 Å². The van der Waals surface area contributed by atoms with Crippen LogP contribution in [0.25, 0.3) is 5.69 Å². The van der Waals surface area contributed by atoms with Crippen molar-refractivity contribution in [3.63, 3.8) is 0 Å². The first-order chi connectivity index (χ1) is 9.81. The standard InChI is InChI=1S/C15H18N4O.ClH/c20-15(10-16-8-12-6-7-12)18-13-9-17-19(11-13)14-4-2-1-3-5-14;/h1-5,9,11-12,16H,6-8,10H2,(H,18,20);1H. The molecule has 112 valence electrons.